The lowest BCUT2D eigenvalue weighted by molar-refractivity contribution is 0.173. The van der Waals surface area contributed by atoms with Crippen LogP contribution in [0.5, 0.6) is 0 Å². The summed E-state index contributed by atoms with van der Waals surface area (Å²) >= 11 is 0. The summed E-state index contributed by atoms with van der Waals surface area (Å²) in [7, 11) is -2.90. The van der Waals surface area contributed by atoms with Crippen LogP contribution in [0, 0.1) is 0 Å². The van der Waals surface area contributed by atoms with E-state index in [1.54, 1.807) is 0 Å². The SMILES string of the molecule is CCNC(=NCCCS(C)(=O)=O)NCCCN(C(C)C)C(C)C. The summed E-state index contributed by atoms with van der Waals surface area (Å²) in [6.07, 6.45) is 2.86. The molecule has 0 spiro atoms. The van der Waals surface area contributed by atoms with Crippen LogP contribution >= 0.6 is 0 Å². The molecule has 0 rings (SSSR count). The van der Waals surface area contributed by atoms with Crippen LogP contribution in [0.1, 0.15) is 47.5 Å². The van der Waals surface area contributed by atoms with Gasteiger partial charge in [-0.3, -0.25) is 9.89 Å². The molecule has 0 aliphatic rings. The molecule has 0 fully saturated rings. The van der Waals surface area contributed by atoms with Crippen LogP contribution in [0.3, 0.4) is 0 Å². The zero-order valence-electron chi connectivity index (χ0n) is 15.7. The second-order valence-electron chi connectivity index (χ2n) is 6.45. The number of sulfone groups is 1. The third-order valence-electron chi connectivity index (χ3n) is 3.50. The molecule has 0 saturated carbocycles. The van der Waals surface area contributed by atoms with Crippen LogP contribution in [0.25, 0.3) is 0 Å². The molecule has 7 heteroatoms. The standard InChI is InChI=1S/C16H36N4O2S/c1-7-17-16(19-11-9-13-23(6,21)22)18-10-8-12-20(14(2)3)15(4)5/h14-15H,7-13H2,1-6H3,(H2,17,18,19). The molecule has 0 aromatic carbocycles. The Kier molecular flexibility index (Phi) is 11.3. The molecule has 0 radical (unpaired) electrons. The Morgan fingerprint density at radius 1 is 1.09 bits per heavy atom. The van der Waals surface area contributed by atoms with Crippen molar-refractivity contribution in [2.45, 2.75) is 59.5 Å². The van der Waals surface area contributed by atoms with Crippen LogP contribution in [0.4, 0.5) is 0 Å². The lowest BCUT2D eigenvalue weighted by atomic mass is 10.2. The number of aliphatic imine (C=N–C) groups is 1. The highest BCUT2D eigenvalue weighted by Gasteiger charge is 2.12. The molecule has 6 nitrogen and oxygen atoms in total. The van der Waals surface area contributed by atoms with Crippen LogP contribution in [0.2, 0.25) is 0 Å². The van der Waals surface area contributed by atoms with Crippen LogP contribution < -0.4 is 10.6 Å². The fraction of sp³-hybridized carbons (Fsp3) is 0.938. The van der Waals surface area contributed by atoms with Crippen LogP contribution in [-0.2, 0) is 9.84 Å². The van der Waals surface area contributed by atoms with E-state index in [0.717, 1.165) is 32.0 Å². The van der Waals surface area contributed by atoms with E-state index in [2.05, 4.69) is 48.2 Å². The normalized spacial score (nSPS) is 13.2. The van der Waals surface area contributed by atoms with Gasteiger partial charge in [-0.2, -0.15) is 0 Å². The smallest absolute Gasteiger partial charge is 0.191 e. The van der Waals surface area contributed by atoms with Gasteiger partial charge in [0.25, 0.3) is 0 Å². The first-order chi connectivity index (χ1) is 10.7. The summed E-state index contributed by atoms with van der Waals surface area (Å²) in [5, 5.41) is 6.50. The van der Waals surface area contributed by atoms with Crippen molar-refractivity contribution in [3.63, 3.8) is 0 Å². The first-order valence-electron chi connectivity index (χ1n) is 8.63. The molecule has 138 valence electrons. The molecule has 23 heavy (non-hydrogen) atoms. The van der Waals surface area contributed by atoms with Gasteiger partial charge in [-0.05, 0) is 47.5 Å². The van der Waals surface area contributed by atoms with Crippen molar-refractivity contribution in [3.8, 4) is 0 Å². The van der Waals surface area contributed by atoms with Gasteiger partial charge in [-0.25, -0.2) is 8.42 Å². The highest BCUT2D eigenvalue weighted by Crippen LogP contribution is 2.05. The summed E-state index contributed by atoms with van der Waals surface area (Å²) in [4.78, 5) is 6.89. The van der Waals surface area contributed by atoms with E-state index < -0.39 is 9.84 Å². The second-order valence-corrected chi connectivity index (χ2v) is 8.71. The van der Waals surface area contributed by atoms with Crippen molar-refractivity contribution in [2.24, 2.45) is 4.99 Å². The van der Waals surface area contributed by atoms with Gasteiger partial charge in [0.05, 0.1) is 5.75 Å². The Hall–Kier alpha value is -0.820. The molecule has 0 amide bonds. The van der Waals surface area contributed by atoms with Gasteiger partial charge < -0.3 is 10.6 Å². The molecule has 0 aromatic rings. The van der Waals surface area contributed by atoms with Crippen molar-refractivity contribution >= 4 is 15.8 Å². The van der Waals surface area contributed by atoms with Gasteiger partial charge in [0.15, 0.2) is 5.96 Å². The van der Waals surface area contributed by atoms with Gasteiger partial charge in [-0.1, -0.05) is 0 Å². The molecular formula is C16H36N4O2S. The van der Waals surface area contributed by atoms with Crippen LogP contribution in [-0.4, -0.2) is 69.5 Å². The fourth-order valence-electron chi connectivity index (χ4n) is 2.44. The summed E-state index contributed by atoms with van der Waals surface area (Å²) < 4.78 is 22.2. The average Bonchev–Trinajstić information content (AvgIpc) is 2.41. The Labute approximate surface area is 143 Å². The fourth-order valence-corrected chi connectivity index (χ4v) is 3.09. The zero-order valence-corrected chi connectivity index (χ0v) is 16.5. The van der Waals surface area contributed by atoms with E-state index in [0.29, 0.717) is 25.0 Å². The number of nitrogens with one attached hydrogen (secondary N) is 2. The third-order valence-corrected chi connectivity index (χ3v) is 4.53. The Balaban J connectivity index is 4.17. The molecule has 0 atom stereocenters. The average molecular weight is 349 g/mol. The predicted octanol–water partition coefficient (Wildman–Crippen LogP) is 1.49. The molecule has 2 N–H and O–H groups in total. The van der Waals surface area contributed by atoms with E-state index in [-0.39, 0.29) is 5.75 Å². The zero-order chi connectivity index (χ0) is 17.9. The lowest BCUT2D eigenvalue weighted by Gasteiger charge is -2.30. The van der Waals surface area contributed by atoms with E-state index in [4.69, 9.17) is 0 Å². The molecule has 0 unspecified atom stereocenters. The molecular weight excluding hydrogens is 312 g/mol. The predicted molar refractivity (Wildman–Crippen MR) is 99.9 cm³/mol. The molecule has 0 saturated heterocycles. The molecule has 0 bridgehead atoms. The number of rotatable bonds is 11. The van der Waals surface area contributed by atoms with E-state index in [1.165, 1.54) is 6.26 Å². The molecule has 0 aromatic heterocycles. The van der Waals surface area contributed by atoms with Gasteiger partial charge in [0, 0.05) is 44.5 Å². The van der Waals surface area contributed by atoms with Crippen molar-refractivity contribution in [3.05, 3.63) is 0 Å². The van der Waals surface area contributed by atoms with E-state index in [9.17, 15) is 8.42 Å². The van der Waals surface area contributed by atoms with Crippen molar-refractivity contribution in [1.82, 2.24) is 15.5 Å². The Morgan fingerprint density at radius 3 is 2.17 bits per heavy atom. The summed E-state index contributed by atoms with van der Waals surface area (Å²) in [5.41, 5.74) is 0. The van der Waals surface area contributed by atoms with Crippen molar-refractivity contribution < 1.29 is 8.42 Å². The number of guanidine groups is 1. The number of hydrogen-bond donors (Lipinski definition) is 2. The van der Waals surface area contributed by atoms with Crippen LogP contribution in [0.15, 0.2) is 4.99 Å². The van der Waals surface area contributed by atoms with E-state index in [1.807, 2.05) is 6.92 Å². The minimum absolute atomic E-state index is 0.188. The maximum atomic E-state index is 11.1. The van der Waals surface area contributed by atoms with Gasteiger partial charge >= 0.3 is 0 Å². The van der Waals surface area contributed by atoms with Crippen molar-refractivity contribution in [2.75, 3.05) is 38.2 Å². The molecule has 0 aliphatic heterocycles. The third kappa shape index (κ3) is 12.3. The quantitative estimate of drug-likeness (QED) is 0.336. The molecule has 0 aliphatic carbocycles. The first-order valence-corrected chi connectivity index (χ1v) is 10.7. The Bertz CT molecular complexity index is 425. The van der Waals surface area contributed by atoms with Gasteiger partial charge in [-0.15, -0.1) is 0 Å². The maximum absolute atomic E-state index is 11.1. The topological polar surface area (TPSA) is 73.8 Å². The minimum atomic E-state index is -2.90. The number of nitrogens with zero attached hydrogens (tertiary/aromatic N) is 2. The van der Waals surface area contributed by atoms with Crippen molar-refractivity contribution in [1.29, 1.82) is 0 Å². The van der Waals surface area contributed by atoms with Gasteiger partial charge in [0.1, 0.15) is 9.84 Å². The van der Waals surface area contributed by atoms with Gasteiger partial charge in [0.2, 0.25) is 0 Å². The second kappa shape index (κ2) is 11.7. The molecule has 0 heterocycles. The summed E-state index contributed by atoms with van der Waals surface area (Å²) in [6.45, 7) is 14.1. The highest BCUT2D eigenvalue weighted by atomic mass is 32.2. The number of hydrogen-bond acceptors (Lipinski definition) is 4. The summed E-state index contributed by atoms with van der Waals surface area (Å²) in [6, 6.07) is 1.10. The maximum Gasteiger partial charge on any atom is 0.191 e. The first kappa shape index (κ1) is 22.2. The van der Waals surface area contributed by atoms with E-state index >= 15 is 0 Å². The Morgan fingerprint density at radius 2 is 1.70 bits per heavy atom. The largest absolute Gasteiger partial charge is 0.357 e. The monoisotopic (exact) mass is 348 g/mol. The lowest BCUT2D eigenvalue weighted by Crippen LogP contribution is -2.41. The highest BCUT2D eigenvalue weighted by molar-refractivity contribution is 7.90. The minimum Gasteiger partial charge on any atom is -0.357 e. The summed E-state index contributed by atoms with van der Waals surface area (Å²) in [5.74, 6) is 0.954.